The molecule has 2 N–H and O–H groups in total. The molecule has 0 unspecified atom stereocenters. The first-order chi connectivity index (χ1) is 17.4. The van der Waals surface area contributed by atoms with Gasteiger partial charge in [0.25, 0.3) is 0 Å². The Morgan fingerprint density at radius 3 is 2.31 bits per heavy atom. The Labute approximate surface area is 220 Å². The van der Waals surface area contributed by atoms with Crippen LogP contribution in [0.3, 0.4) is 0 Å². The van der Waals surface area contributed by atoms with Crippen molar-refractivity contribution in [3.63, 3.8) is 0 Å². The van der Waals surface area contributed by atoms with Crippen molar-refractivity contribution in [3.05, 3.63) is 82.9 Å². The van der Waals surface area contributed by atoms with E-state index in [2.05, 4.69) is 51.7 Å². The Bertz CT molecular complexity index is 1410. The summed E-state index contributed by atoms with van der Waals surface area (Å²) in [5.74, 6) is -0.333. The van der Waals surface area contributed by atoms with Crippen LogP contribution in [-0.4, -0.2) is 39.1 Å². The minimum absolute atomic E-state index is 0.197. The molecule has 0 fully saturated rings. The number of carbonyl (C=O) groups excluding carboxylic acids is 1. The molecule has 184 valence electrons. The van der Waals surface area contributed by atoms with Crippen LogP contribution in [-0.2, 0) is 4.79 Å². The lowest BCUT2D eigenvalue weighted by atomic mass is 10.2. The number of halogens is 1. The second-order valence-electron chi connectivity index (χ2n) is 8.16. The number of nitrogens with one attached hydrogen (secondary N) is 2. The number of nitrogens with zero attached hydrogens (tertiary/aromatic N) is 4. The lowest BCUT2D eigenvalue weighted by molar-refractivity contribution is -0.115. The molecular weight excluding hydrogens is 492 g/mol. The summed E-state index contributed by atoms with van der Waals surface area (Å²) in [4.78, 5) is 16.2. The predicted octanol–water partition coefficient (Wildman–Crippen LogP) is 5.75. The third kappa shape index (κ3) is 6.08. The Morgan fingerprint density at radius 2 is 1.67 bits per heavy atom. The van der Waals surface area contributed by atoms with E-state index in [9.17, 15) is 4.79 Å². The van der Waals surface area contributed by atoms with Crippen LogP contribution in [0.2, 0.25) is 5.02 Å². The summed E-state index contributed by atoms with van der Waals surface area (Å²) in [6, 6.07) is 19.2. The van der Waals surface area contributed by atoms with Crippen molar-refractivity contribution in [1.82, 2.24) is 20.3 Å². The van der Waals surface area contributed by atoms with Crippen LogP contribution in [0.5, 0.6) is 0 Å². The Morgan fingerprint density at radius 1 is 1.03 bits per heavy atom. The lowest BCUT2D eigenvalue weighted by Crippen LogP contribution is -2.33. The van der Waals surface area contributed by atoms with Crippen molar-refractivity contribution in [2.75, 3.05) is 23.3 Å². The number of aryl methyl sites for hydroxylation is 1. The van der Waals surface area contributed by atoms with Crippen LogP contribution >= 0.6 is 23.8 Å². The van der Waals surface area contributed by atoms with Crippen molar-refractivity contribution in [3.8, 4) is 5.69 Å². The number of rotatable bonds is 7. The molecule has 1 heterocycles. The standard InChI is InChI=1S/C27H27ClN6OS/c1-4-33(5-2)21-11-13-22(14-12-21)34-31-24-16-18(3)23(17-25(24)32-34)29-27(36)30-26(35)15-8-19-6-9-20(28)10-7-19/h6-17H,4-5H2,1-3H3,(H2,29,30,35,36)/b15-8+. The Hall–Kier alpha value is -3.75. The second-order valence-corrected chi connectivity index (χ2v) is 9.01. The minimum Gasteiger partial charge on any atom is -0.372 e. The average Bonchev–Trinajstić information content (AvgIpc) is 3.27. The van der Waals surface area contributed by atoms with E-state index < -0.39 is 0 Å². The predicted molar refractivity (Wildman–Crippen MR) is 152 cm³/mol. The highest BCUT2D eigenvalue weighted by molar-refractivity contribution is 7.80. The van der Waals surface area contributed by atoms with E-state index >= 15 is 0 Å². The number of amides is 1. The van der Waals surface area contributed by atoms with E-state index in [1.807, 2.05) is 43.3 Å². The molecule has 0 aliphatic rings. The monoisotopic (exact) mass is 518 g/mol. The molecule has 1 amide bonds. The fourth-order valence-corrected chi connectivity index (χ4v) is 4.09. The molecule has 0 bridgehead atoms. The number of fused-ring (bicyclic) bond motifs is 1. The van der Waals surface area contributed by atoms with Crippen LogP contribution < -0.4 is 15.5 Å². The van der Waals surface area contributed by atoms with Gasteiger partial charge in [0.15, 0.2) is 5.11 Å². The second kappa shape index (κ2) is 11.3. The van der Waals surface area contributed by atoms with Crippen LogP contribution in [0.25, 0.3) is 22.8 Å². The van der Waals surface area contributed by atoms with Crippen molar-refractivity contribution in [2.45, 2.75) is 20.8 Å². The largest absolute Gasteiger partial charge is 0.372 e. The normalized spacial score (nSPS) is 11.1. The molecule has 7 nitrogen and oxygen atoms in total. The molecule has 36 heavy (non-hydrogen) atoms. The van der Waals surface area contributed by atoms with E-state index in [0.29, 0.717) is 10.5 Å². The summed E-state index contributed by atoms with van der Waals surface area (Å²) in [7, 11) is 0. The van der Waals surface area contributed by atoms with Gasteiger partial charge in [-0.25, -0.2) is 0 Å². The van der Waals surface area contributed by atoms with Crippen LogP contribution in [0.15, 0.2) is 66.7 Å². The number of hydrogen-bond acceptors (Lipinski definition) is 5. The topological polar surface area (TPSA) is 75.1 Å². The van der Waals surface area contributed by atoms with Gasteiger partial charge >= 0.3 is 0 Å². The summed E-state index contributed by atoms with van der Waals surface area (Å²) in [6.45, 7) is 8.14. The molecule has 0 atom stereocenters. The first-order valence-electron chi connectivity index (χ1n) is 11.6. The van der Waals surface area contributed by atoms with E-state index in [1.54, 1.807) is 23.0 Å². The zero-order valence-corrected chi connectivity index (χ0v) is 21.9. The molecule has 4 aromatic rings. The summed E-state index contributed by atoms with van der Waals surface area (Å²) >= 11 is 11.2. The molecule has 0 radical (unpaired) electrons. The Balaban J connectivity index is 1.44. The molecule has 0 spiro atoms. The highest BCUT2D eigenvalue weighted by atomic mass is 35.5. The zero-order valence-electron chi connectivity index (χ0n) is 20.3. The lowest BCUT2D eigenvalue weighted by Gasteiger charge is -2.20. The van der Waals surface area contributed by atoms with Crippen LogP contribution in [0.1, 0.15) is 25.0 Å². The van der Waals surface area contributed by atoms with Crippen molar-refractivity contribution < 1.29 is 4.79 Å². The molecule has 0 aliphatic carbocycles. The van der Waals surface area contributed by atoms with Gasteiger partial charge in [0, 0.05) is 35.6 Å². The van der Waals surface area contributed by atoms with E-state index in [4.69, 9.17) is 23.8 Å². The third-order valence-electron chi connectivity index (χ3n) is 5.72. The number of thiocarbonyl (C=S) groups is 1. The Kier molecular flexibility index (Phi) is 7.97. The van der Waals surface area contributed by atoms with E-state index in [1.165, 1.54) is 11.8 Å². The van der Waals surface area contributed by atoms with Gasteiger partial charge < -0.3 is 10.2 Å². The third-order valence-corrected chi connectivity index (χ3v) is 6.17. The van der Waals surface area contributed by atoms with E-state index in [-0.39, 0.29) is 11.0 Å². The highest BCUT2D eigenvalue weighted by Gasteiger charge is 2.11. The molecule has 9 heteroatoms. The molecule has 0 saturated carbocycles. The number of benzene rings is 3. The van der Waals surface area contributed by atoms with Crippen molar-refractivity contribution in [1.29, 1.82) is 0 Å². The number of carbonyl (C=O) groups is 1. The van der Waals surface area contributed by atoms with Gasteiger partial charge in [-0.1, -0.05) is 23.7 Å². The van der Waals surface area contributed by atoms with Crippen LogP contribution in [0, 0.1) is 6.92 Å². The molecular formula is C27H27ClN6OS. The average molecular weight is 519 g/mol. The molecule has 1 aromatic heterocycles. The first kappa shape index (κ1) is 25.3. The maximum absolute atomic E-state index is 12.3. The summed E-state index contributed by atoms with van der Waals surface area (Å²) in [5.41, 5.74) is 6.07. The van der Waals surface area contributed by atoms with Gasteiger partial charge in [-0.05, 0) is 98.7 Å². The number of hydrogen-bond donors (Lipinski definition) is 2. The van der Waals surface area contributed by atoms with E-state index in [0.717, 1.165) is 41.1 Å². The number of anilines is 2. The first-order valence-corrected chi connectivity index (χ1v) is 12.4. The van der Waals surface area contributed by atoms with Crippen molar-refractivity contribution in [2.24, 2.45) is 0 Å². The maximum Gasteiger partial charge on any atom is 0.250 e. The van der Waals surface area contributed by atoms with Crippen molar-refractivity contribution >= 4 is 63.3 Å². The fourth-order valence-electron chi connectivity index (χ4n) is 3.76. The summed E-state index contributed by atoms with van der Waals surface area (Å²) < 4.78 is 0. The molecule has 4 rings (SSSR count). The summed E-state index contributed by atoms with van der Waals surface area (Å²) in [5, 5.41) is 15.9. The smallest absolute Gasteiger partial charge is 0.250 e. The fraction of sp³-hybridized carbons (Fsp3) is 0.185. The SMILES string of the molecule is CCN(CC)c1ccc(-n2nc3cc(C)c(NC(=S)NC(=O)/C=C/c4ccc(Cl)cc4)cc3n2)cc1. The minimum atomic E-state index is -0.333. The van der Waals surface area contributed by atoms with Crippen LogP contribution in [0.4, 0.5) is 11.4 Å². The van der Waals surface area contributed by atoms with Gasteiger partial charge in [-0.15, -0.1) is 10.2 Å². The molecule has 0 aliphatic heterocycles. The van der Waals surface area contributed by atoms with Gasteiger partial charge in [0.2, 0.25) is 5.91 Å². The maximum atomic E-state index is 12.3. The van der Waals surface area contributed by atoms with Gasteiger partial charge in [-0.3, -0.25) is 10.1 Å². The van der Waals surface area contributed by atoms with Gasteiger partial charge in [0.1, 0.15) is 11.0 Å². The summed E-state index contributed by atoms with van der Waals surface area (Å²) in [6.07, 6.45) is 3.11. The molecule has 3 aromatic carbocycles. The van der Waals surface area contributed by atoms with Gasteiger partial charge in [-0.2, -0.15) is 4.80 Å². The van der Waals surface area contributed by atoms with Gasteiger partial charge in [0.05, 0.1) is 5.69 Å². The molecule has 0 saturated heterocycles. The quantitative estimate of drug-likeness (QED) is 0.239. The zero-order chi connectivity index (χ0) is 25.7. The highest BCUT2D eigenvalue weighted by Crippen LogP contribution is 2.23. The number of aromatic nitrogens is 3.